The smallest absolute Gasteiger partial charge is 0.242 e. The van der Waals surface area contributed by atoms with Crippen molar-refractivity contribution in [2.24, 2.45) is 5.92 Å². The maximum atomic E-state index is 12.0. The normalized spacial score (nSPS) is 19.4. The summed E-state index contributed by atoms with van der Waals surface area (Å²) in [7, 11) is -0.505. The fourth-order valence-corrected chi connectivity index (χ4v) is 2.89. The van der Waals surface area contributed by atoms with Crippen LogP contribution in [0.25, 0.3) is 0 Å². The van der Waals surface area contributed by atoms with E-state index >= 15 is 0 Å². The summed E-state index contributed by atoms with van der Waals surface area (Å²) in [4.78, 5) is 0.163. The highest BCUT2D eigenvalue weighted by molar-refractivity contribution is 7.89. The fourth-order valence-electron chi connectivity index (χ4n) is 1.95. The van der Waals surface area contributed by atoms with Crippen molar-refractivity contribution in [3.8, 4) is 5.75 Å². The quantitative estimate of drug-likeness (QED) is 0.818. The highest BCUT2D eigenvalue weighted by Gasteiger charge is 2.20. The van der Waals surface area contributed by atoms with Crippen molar-refractivity contribution >= 4 is 15.7 Å². The van der Waals surface area contributed by atoms with Gasteiger partial charge in [0.25, 0.3) is 0 Å². The van der Waals surface area contributed by atoms with Gasteiger partial charge < -0.3 is 15.2 Å². The van der Waals surface area contributed by atoms with E-state index in [1.165, 1.54) is 26.2 Å². The molecule has 0 amide bonds. The molecule has 0 saturated carbocycles. The number of nitrogens with two attached hydrogens (primary N) is 1. The van der Waals surface area contributed by atoms with E-state index in [9.17, 15) is 8.42 Å². The Kier molecular flexibility index (Phi) is 4.52. The molecule has 2 rings (SSSR count). The standard InChI is InChI=1S/C13H20N2O4S/c1-15(2)20(16,17)11-3-4-13(12(14)7-11)19-9-10-5-6-18-8-10/h3-4,7,10H,5-6,8-9,14H2,1-2H3. The van der Waals surface area contributed by atoms with Crippen molar-refractivity contribution in [2.45, 2.75) is 11.3 Å². The molecule has 7 heteroatoms. The molecule has 112 valence electrons. The topological polar surface area (TPSA) is 81.9 Å². The van der Waals surface area contributed by atoms with Crippen LogP contribution in [0.3, 0.4) is 0 Å². The van der Waals surface area contributed by atoms with Gasteiger partial charge in [-0.25, -0.2) is 12.7 Å². The molecule has 1 saturated heterocycles. The number of nitrogen functional groups attached to an aromatic ring is 1. The minimum Gasteiger partial charge on any atom is -0.491 e. The lowest BCUT2D eigenvalue weighted by atomic mass is 10.1. The van der Waals surface area contributed by atoms with Gasteiger partial charge in [0.1, 0.15) is 5.75 Å². The zero-order chi connectivity index (χ0) is 14.8. The van der Waals surface area contributed by atoms with Crippen LogP contribution in [-0.2, 0) is 14.8 Å². The van der Waals surface area contributed by atoms with Crippen LogP contribution in [0.2, 0.25) is 0 Å². The first-order valence-corrected chi connectivity index (χ1v) is 7.88. The van der Waals surface area contributed by atoms with E-state index in [-0.39, 0.29) is 4.90 Å². The van der Waals surface area contributed by atoms with E-state index in [0.29, 0.717) is 30.6 Å². The molecular formula is C13H20N2O4S. The molecule has 0 radical (unpaired) electrons. The summed E-state index contributed by atoms with van der Waals surface area (Å²) in [6, 6.07) is 4.53. The summed E-state index contributed by atoms with van der Waals surface area (Å²) >= 11 is 0. The third-order valence-electron chi connectivity index (χ3n) is 3.26. The van der Waals surface area contributed by atoms with Gasteiger partial charge >= 0.3 is 0 Å². The first-order chi connectivity index (χ1) is 9.41. The van der Waals surface area contributed by atoms with Gasteiger partial charge in [0, 0.05) is 26.6 Å². The summed E-state index contributed by atoms with van der Waals surface area (Å²) in [5.41, 5.74) is 6.19. The van der Waals surface area contributed by atoms with Gasteiger partial charge in [-0.2, -0.15) is 0 Å². The van der Waals surface area contributed by atoms with Crippen molar-refractivity contribution in [3.05, 3.63) is 18.2 Å². The molecule has 1 aliphatic heterocycles. The first-order valence-electron chi connectivity index (χ1n) is 6.44. The number of sulfonamides is 1. The Morgan fingerprint density at radius 3 is 2.75 bits per heavy atom. The van der Waals surface area contributed by atoms with Gasteiger partial charge in [-0.1, -0.05) is 0 Å². The SMILES string of the molecule is CN(C)S(=O)(=O)c1ccc(OCC2CCOC2)c(N)c1. The molecule has 0 aliphatic carbocycles. The van der Waals surface area contributed by atoms with Crippen LogP contribution in [0.4, 0.5) is 5.69 Å². The van der Waals surface area contributed by atoms with Crippen molar-refractivity contribution in [1.82, 2.24) is 4.31 Å². The van der Waals surface area contributed by atoms with Crippen molar-refractivity contribution in [1.29, 1.82) is 0 Å². The molecule has 1 unspecified atom stereocenters. The van der Waals surface area contributed by atoms with E-state index in [1.54, 1.807) is 6.07 Å². The molecule has 1 fully saturated rings. The highest BCUT2D eigenvalue weighted by atomic mass is 32.2. The molecule has 2 N–H and O–H groups in total. The molecule has 1 aromatic carbocycles. The maximum absolute atomic E-state index is 12.0. The molecule has 1 aromatic rings. The summed E-state index contributed by atoms with van der Waals surface area (Å²) in [5.74, 6) is 0.884. The third kappa shape index (κ3) is 3.23. The zero-order valence-corrected chi connectivity index (χ0v) is 12.5. The Morgan fingerprint density at radius 1 is 1.45 bits per heavy atom. The van der Waals surface area contributed by atoms with Crippen LogP contribution >= 0.6 is 0 Å². The Balaban J connectivity index is 2.09. The third-order valence-corrected chi connectivity index (χ3v) is 5.07. The van der Waals surface area contributed by atoms with Gasteiger partial charge in [0.05, 0.1) is 23.8 Å². The average Bonchev–Trinajstić information content (AvgIpc) is 2.90. The largest absolute Gasteiger partial charge is 0.491 e. The van der Waals surface area contributed by atoms with Gasteiger partial charge in [0.2, 0.25) is 10.0 Å². The van der Waals surface area contributed by atoms with Crippen molar-refractivity contribution in [2.75, 3.05) is 39.6 Å². The average molecular weight is 300 g/mol. The van der Waals surface area contributed by atoms with Crippen LogP contribution in [0.15, 0.2) is 23.1 Å². The van der Waals surface area contributed by atoms with Gasteiger partial charge in [0.15, 0.2) is 0 Å². The molecule has 6 nitrogen and oxygen atoms in total. The molecule has 0 bridgehead atoms. The van der Waals surface area contributed by atoms with Crippen LogP contribution < -0.4 is 10.5 Å². The predicted molar refractivity (Wildman–Crippen MR) is 76.1 cm³/mol. The fraction of sp³-hybridized carbons (Fsp3) is 0.538. The number of ether oxygens (including phenoxy) is 2. The molecule has 1 heterocycles. The summed E-state index contributed by atoms with van der Waals surface area (Å²) in [6.45, 7) is 2.00. The van der Waals surface area contributed by atoms with Crippen molar-refractivity contribution < 1.29 is 17.9 Å². The van der Waals surface area contributed by atoms with E-state index < -0.39 is 10.0 Å². The van der Waals surface area contributed by atoms with Gasteiger partial charge in [-0.3, -0.25) is 0 Å². The number of nitrogens with zero attached hydrogens (tertiary/aromatic N) is 1. The molecular weight excluding hydrogens is 280 g/mol. The molecule has 20 heavy (non-hydrogen) atoms. The summed E-state index contributed by atoms with van der Waals surface area (Å²) in [5, 5.41) is 0. The first kappa shape index (κ1) is 15.1. The van der Waals surface area contributed by atoms with E-state index in [1.807, 2.05) is 0 Å². The Bertz CT molecular complexity index is 566. The second kappa shape index (κ2) is 5.99. The lowest BCUT2D eigenvalue weighted by molar-refractivity contribution is 0.167. The van der Waals surface area contributed by atoms with E-state index in [2.05, 4.69) is 0 Å². The zero-order valence-electron chi connectivity index (χ0n) is 11.7. The van der Waals surface area contributed by atoms with Gasteiger partial charge in [-0.05, 0) is 24.6 Å². The van der Waals surface area contributed by atoms with E-state index in [4.69, 9.17) is 15.2 Å². The Labute approximate surface area is 119 Å². The molecule has 1 aliphatic rings. The van der Waals surface area contributed by atoms with Crippen LogP contribution in [0.5, 0.6) is 5.75 Å². The maximum Gasteiger partial charge on any atom is 0.242 e. The molecule has 0 aromatic heterocycles. The number of benzene rings is 1. The minimum absolute atomic E-state index is 0.163. The predicted octanol–water partition coefficient (Wildman–Crippen LogP) is 0.934. The second-order valence-corrected chi connectivity index (χ2v) is 7.18. The number of anilines is 1. The monoisotopic (exact) mass is 300 g/mol. The Hall–Kier alpha value is -1.31. The number of rotatable bonds is 5. The summed E-state index contributed by atoms with van der Waals surface area (Å²) in [6.07, 6.45) is 0.979. The van der Waals surface area contributed by atoms with Gasteiger partial charge in [-0.15, -0.1) is 0 Å². The minimum atomic E-state index is -3.47. The number of hydrogen-bond acceptors (Lipinski definition) is 5. The number of hydrogen-bond donors (Lipinski definition) is 1. The second-order valence-electron chi connectivity index (χ2n) is 5.03. The Morgan fingerprint density at radius 2 is 2.20 bits per heavy atom. The summed E-state index contributed by atoms with van der Waals surface area (Å²) < 4.78 is 36.0. The van der Waals surface area contributed by atoms with Crippen molar-refractivity contribution in [3.63, 3.8) is 0 Å². The molecule has 1 atom stereocenters. The molecule has 0 spiro atoms. The van der Waals surface area contributed by atoms with Crippen LogP contribution in [0.1, 0.15) is 6.42 Å². The highest BCUT2D eigenvalue weighted by Crippen LogP contribution is 2.27. The van der Waals surface area contributed by atoms with E-state index in [0.717, 1.165) is 17.3 Å². The lowest BCUT2D eigenvalue weighted by Gasteiger charge is -2.15. The van der Waals surface area contributed by atoms with Crippen LogP contribution in [0, 0.1) is 5.92 Å². The van der Waals surface area contributed by atoms with Crippen LogP contribution in [-0.4, -0.2) is 46.6 Å². The lowest BCUT2D eigenvalue weighted by Crippen LogP contribution is -2.22.